The summed E-state index contributed by atoms with van der Waals surface area (Å²) in [5.74, 6) is 0.395. The van der Waals surface area contributed by atoms with Gasteiger partial charge in [0.25, 0.3) is 5.56 Å². The quantitative estimate of drug-likeness (QED) is 0.677. The van der Waals surface area contributed by atoms with Crippen molar-refractivity contribution < 1.29 is 4.79 Å². The Labute approximate surface area is 165 Å². The standard InChI is InChI=1S/C23H27N3O2/c1-16(2)14-20(18-9-5-4-6-10-18)25-21(27)12-13-26-15-24-22-17(3)8-7-11-19(22)23(26)28/h4-11,15-16,20H,12-14H2,1-3H3,(H,25,27)/t20-/m0/s1. The van der Waals surface area contributed by atoms with Crippen LogP contribution in [0.15, 0.2) is 59.7 Å². The number of hydrogen-bond acceptors (Lipinski definition) is 3. The van der Waals surface area contributed by atoms with Crippen LogP contribution in [-0.4, -0.2) is 15.5 Å². The van der Waals surface area contributed by atoms with Crippen molar-refractivity contribution in [2.24, 2.45) is 5.92 Å². The maximum atomic E-state index is 12.7. The second-order valence-electron chi connectivity index (χ2n) is 7.62. The van der Waals surface area contributed by atoms with E-state index in [4.69, 9.17) is 0 Å². The van der Waals surface area contributed by atoms with E-state index in [1.54, 1.807) is 6.07 Å². The lowest BCUT2D eigenvalue weighted by molar-refractivity contribution is -0.122. The average molecular weight is 377 g/mol. The largest absolute Gasteiger partial charge is 0.349 e. The molecule has 0 spiro atoms. The first kappa shape index (κ1) is 19.8. The van der Waals surface area contributed by atoms with Crippen LogP contribution in [-0.2, 0) is 11.3 Å². The van der Waals surface area contributed by atoms with Gasteiger partial charge >= 0.3 is 0 Å². The molecule has 0 aliphatic carbocycles. The Morgan fingerprint density at radius 2 is 1.86 bits per heavy atom. The van der Waals surface area contributed by atoms with Crippen LogP contribution in [0.1, 0.15) is 43.9 Å². The number of carbonyl (C=O) groups is 1. The van der Waals surface area contributed by atoms with Crippen LogP contribution in [0.5, 0.6) is 0 Å². The van der Waals surface area contributed by atoms with E-state index >= 15 is 0 Å². The lowest BCUT2D eigenvalue weighted by Crippen LogP contribution is -2.31. The van der Waals surface area contributed by atoms with E-state index in [9.17, 15) is 9.59 Å². The van der Waals surface area contributed by atoms with Crippen LogP contribution >= 0.6 is 0 Å². The number of nitrogens with zero attached hydrogens (tertiary/aromatic N) is 2. The van der Waals surface area contributed by atoms with E-state index in [-0.39, 0.29) is 23.9 Å². The molecule has 5 nitrogen and oxygen atoms in total. The zero-order valence-corrected chi connectivity index (χ0v) is 16.7. The number of nitrogens with one attached hydrogen (secondary N) is 1. The Balaban J connectivity index is 1.70. The van der Waals surface area contributed by atoms with Crippen LogP contribution in [0.3, 0.4) is 0 Å². The first-order valence-electron chi connectivity index (χ1n) is 9.74. The zero-order chi connectivity index (χ0) is 20.1. The van der Waals surface area contributed by atoms with Gasteiger partial charge in [-0.2, -0.15) is 0 Å². The van der Waals surface area contributed by atoms with Crippen molar-refractivity contribution in [1.29, 1.82) is 0 Å². The maximum absolute atomic E-state index is 12.7. The summed E-state index contributed by atoms with van der Waals surface area (Å²) in [6.07, 6.45) is 2.64. The van der Waals surface area contributed by atoms with Crippen molar-refractivity contribution in [2.45, 2.75) is 46.2 Å². The molecule has 5 heteroatoms. The fourth-order valence-corrected chi connectivity index (χ4v) is 3.42. The summed E-state index contributed by atoms with van der Waals surface area (Å²) in [7, 11) is 0. The number of benzene rings is 2. The predicted molar refractivity (Wildman–Crippen MR) is 112 cm³/mol. The fraction of sp³-hybridized carbons (Fsp3) is 0.348. The smallest absolute Gasteiger partial charge is 0.261 e. The molecule has 1 amide bonds. The number of aromatic nitrogens is 2. The Morgan fingerprint density at radius 1 is 1.11 bits per heavy atom. The van der Waals surface area contributed by atoms with E-state index in [1.807, 2.05) is 49.4 Å². The van der Waals surface area contributed by atoms with Crippen molar-refractivity contribution in [3.63, 3.8) is 0 Å². The summed E-state index contributed by atoms with van der Waals surface area (Å²) < 4.78 is 1.52. The second kappa shape index (κ2) is 8.83. The summed E-state index contributed by atoms with van der Waals surface area (Å²) in [4.78, 5) is 29.6. The number of aryl methyl sites for hydroxylation is 2. The Hall–Kier alpha value is -2.95. The lowest BCUT2D eigenvalue weighted by atomic mass is 9.97. The monoisotopic (exact) mass is 377 g/mol. The van der Waals surface area contributed by atoms with Crippen molar-refractivity contribution in [1.82, 2.24) is 14.9 Å². The average Bonchev–Trinajstić information content (AvgIpc) is 2.68. The van der Waals surface area contributed by atoms with E-state index in [2.05, 4.69) is 24.1 Å². The highest BCUT2D eigenvalue weighted by atomic mass is 16.2. The number of carbonyl (C=O) groups excluding carboxylic acids is 1. The van der Waals surface area contributed by atoms with Crippen LogP contribution < -0.4 is 10.9 Å². The van der Waals surface area contributed by atoms with Crippen molar-refractivity contribution in [3.8, 4) is 0 Å². The Morgan fingerprint density at radius 3 is 2.57 bits per heavy atom. The summed E-state index contributed by atoms with van der Waals surface area (Å²) in [5, 5.41) is 3.71. The van der Waals surface area contributed by atoms with Gasteiger partial charge in [0, 0.05) is 13.0 Å². The van der Waals surface area contributed by atoms with Crippen LogP contribution in [0.25, 0.3) is 10.9 Å². The molecule has 146 valence electrons. The van der Waals surface area contributed by atoms with Gasteiger partial charge in [-0.1, -0.05) is 56.3 Å². The molecule has 1 N–H and O–H groups in total. The molecule has 28 heavy (non-hydrogen) atoms. The molecule has 0 aliphatic heterocycles. The van der Waals surface area contributed by atoms with Gasteiger partial charge in [-0.15, -0.1) is 0 Å². The van der Waals surface area contributed by atoms with Crippen molar-refractivity contribution in [3.05, 3.63) is 76.3 Å². The highest BCUT2D eigenvalue weighted by Gasteiger charge is 2.16. The zero-order valence-electron chi connectivity index (χ0n) is 16.7. The third-order valence-electron chi connectivity index (χ3n) is 4.88. The molecule has 1 heterocycles. The van der Waals surface area contributed by atoms with E-state index in [0.717, 1.165) is 17.5 Å². The number of fused-ring (bicyclic) bond motifs is 1. The predicted octanol–water partition coefficient (Wildman–Crippen LogP) is 4.00. The minimum absolute atomic E-state index is 0.0252. The summed E-state index contributed by atoms with van der Waals surface area (Å²) in [6.45, 7) is 6.53. The Bertz CT molecular complexity index is 1010. The molecule has 3 aromatic rings. The molecular weight excluding hydrogens is 350 g/mol. The minimum Gasteiger partial charge on any atom is -0.349 e. The van der Waals surface area contributed by atoms with E-state index in [0.29, 0.717) is 23.4 Å². The molecule has 1 aromatic heterocycles. The fourth-order valence-electron chi connectivity index (χ4n) is 3.42. The van der Waals surface area contributed by atoms with Gasteiger partial charge < -0.3 is 5.32 Å². The minimum atomic E-state index is -0.108. The van der Waals surface area contributed by atoms with Gasteiger partial charge in [-0.3, -0.25) is 14.2 Å². The van der Waals surface area contributed by atoms with Crippen molar-refractivity contribution >= 4 is 16.8 Å². The van der Waals surface area contributed by atoms with Crippen molar-refractivity contribution in [2.75, 3.05) is 0 Å². The highest BCUT2D eigenvalue weighted by Crippen LogP contribution is 2.21. The first-order valence-corrected chi connectivity index (χ1v) is 9.74. The molecule has 3 rings (SSSR count). The van der Waals surface area contributed by atoms with Gasteiger partial charge in [0.15, 0.2) is 0 Å². The van der Waals surface area contributed by atoms with Gasteiger partial charge in [-0.25, -0.2) is 4.98 Å². The van der Waals surface area contributed by atoms with Gasteiger partial charge in [-0.05, 0) is 36.5 Å². The number of amides is 1. The molecule has 0 radical (unpaired) electrons. The van der Waals surface area contributed by atoms with Crippen LogP contribution in [0.2, 0.25) is 0 Å². The molecule has 0 bridgehead atoms. The van der Waals surface area contributed by atoms with Gasteiger partial charge in [0.2, 0.25) is 5.91 Å². The molecule has 0 unspecified atom stereocenters. The molecule has 1 atom stereocenters. The third-order valence-corrected chi connectivity index (χ3v) is 4.88. The second-order valence-corrected chi connectivity index (χ2v) is 7.62. The topological polar surface area (TPSA) is 64.0 Å². The Kier molecular flexibility index (Phi) is 6.24. The summed E-state index contributed by atoms with van der Waals surface area (Å²) in [5.41, 5.74) is 2.68. The van der Waals surface area contributed by atoms with Gasteiger partial charge in [0.1, 0.15) is 0 Å². The molecule has 0 saturated carbocycles. The highest BCUT2D eigenvalue weighted by molar-refractivity contribution is 5.80. The maximum Gasteiger partial charge on any atom is 0.261 e. The van der Waals surface area contributed by atoms with Gasteiger partial charge in [0.05, 0.1) is 23.3 Å². The third kappa shape index (κ3) is 4.66. The molecule has 0 aliphatic rings. The SMILES string of the molecule is Cc1cccc2c(=O)n(CCC(=O)N[C@@H](CC(C)C)c3ccccc3)cnc12. The number of hydrogen-bond donors (Lipinski definition) is 1. The number of para-hydroxylation sites is 1. The van der Waals surface area contributed by atoms with Crippen LogP contribution in [0.4, 0.5) is 0 Å². The molecule has 0 fully saturated rings. The first-order chi connectivity index (χ1) is 13.5. The lowest BCUT2D eigenvalue weighted by Gasteiger charge is -2.21. The molecule has 0 saturated heterocycles. The van der Waals surface area contributed by atoms with Crippen LogP contribution in [0, 0.1) is 12.8 Å². The molecule has 2 aromatic carbocycles. The van der Waals surface area contributed by atoms with E-state index in [1.165, 1.54) is 10.9 Å². The number of rotatable bonds is 7. The summed E-state index contributed by atoms with van der Waals surface area (Å²) >= 11 is 0. The van der Waals surface area contributed by atoms with E-state index < -0.39 is 0 Å². The molecular formula is C23H27N3O2. The summed E-state index contributed by atoms with van der Waals surface area (Å²) in [6, 6.07) is 15.6. The normalized spacial score (nSPS) is 12.3.